The van der Waals surface area contributed by atoms with E-state index in [2.05, 4.69) is 47.2 Å². The van der Waals surface area contributed by atoms with Gasteiger partial charge in [0.05, 0.1) is 31.4 Å². The van der Waals surface area contributed by atoms with Gasteiger partial charge in [0.2, 0.25) is 11.5 Å². The number of ether oxygens (including phenoxy) is 2. The van der Waals surface area contributed by atoms with E-state index in [0.717, 1.165) is 56.0 Å². The molecule has 3 fully saturated rings. The van der Waals surface area contributed by atoms with E-state index >= 15 is 0 Å². The summed E-state index contributed by atoms with van der Waals surface area (Å²) in [5, 5.41) is 33.1. The normalized spacial score (nSPS) is 21.6. The number of carbonyl (C=O) groups excluding carboxylic acids is 2. The van der Waals surface area contributed by atoms with Crippen molar-refractivity contribution in [1.29, 1.82) is 0 Å². The number of pyridine rings is 1. The van der Waals surface area contributed by atoms with Crippen LogP contribution >= 0.6 is 0 Å². The number of likely N-dealkylation sites (N-methyl/N-ethyl adjacent to an activating group) is 1. The van der Waals surface area contributed by atoms with Crippen LogP contribution in [0.15, 0.2) is 114 Å². The molecule has 6 aromatic rings. The van der Waals surface area contributed by atoms with Gasteiger partial charge in [0, 0.05) is 55.1 Å². The third-order valence-electron chi connectivity index (χ3n) is 12.7. The fourth-order valence-electron chi connectivity index (χ4n) is 9.48. The Bertz CT molecular complexity index is 2630. The second kappa shape index (κ2) is 16.2. The van der Waals surface area contributed by atoms with Gasteiger partial charge in [-0.1, -0.05) is 66.7 Å². The van der Waals surface area contributed by atoms with Crippen molar-refractivity contribution >= 4 is 45.1 Å². The van der Waals surface area contributed by atoms with Crippen molar-refractivity contribution in [3.63, 3.8) is 0 Å². The standard InChI is InChI=1S/C48H49N5O7/c1-53(2)39-24-34(25-40(53)47-46(39)60-47)59-48(58)51-38-22-28(12-16-35(38)30-8-4-3-5-9-30)7-6-10-43(56)50-33-15-14-31-21-29(11-13-32(31)23-33)26-49-27-42(55)36-17-19-41(54)45-37(36)18-20-44(57)52-45/h3-5,8-9,11-23,34,39-40,42,46-47,49,55H,6-7,10,24-27H2,1-2H3,(H3-,50,51,52,54,56,57,58)/p+1/t34?,39-,40+,42-,46-,47+/m0/s1. The molecule has 308 valence electrons. The number of hydrogen-bond acceptors (Lipinski definition) is 8. The van der Waals surface area contributed by atoms with Crippen LogP contribution < -0.4 is 21.5 Å². The molecule has 3 aliphatic heterocycles. The Morgan fingerprint density at radius 3 is 2.42 bits per heavy atom. The lowest BCUT2D eigenvalue weighted by atomic mass is 9.96. The van der Waals surface area contributed by atoms with Crippen LogP contribution in [0.25, 0.3) is 32.8 Å². The lowest BCUT2D eigenvalue weighted by Crippen LogP contribution is -2.60. The smallest absolute Gasteiger partial charge is 0.411 e. The van der Waals surface area contributed by atoms with Crippen LogP contribution in [-0.2, 0) is 27.2 Å². The highest BCUT2D eigenvalue weighted by Gasteiger charge is 2.70. The Morgan fingerprint density at radius 2 is 1.62 bits per heavy atom. The molecular weight excluding hydrogens is 759 g/mol. The number of H-pyrrole nitrogens is 1. The quantitative estimate of drug-likeness (QED) is 0.0530. The predicted molar refractivity (Wildman–Crippen MR) is 232 cm³/mol. The van der Waals surface area contributed by atoms with Crippen LogP contribution in [0.4, 0.5) is 16.2 Å². The zero-order valence-corrected chi connectivity index (χ0v) is 33.7. The number of aromatic amines is 1. The third-order valence-corrected chi connectivity index (χ3v) is 12.7. The molecule has 2 amide bonds. The minimum absolute atomic E-state index is 0.0480. The number of piperidine rings is 1. The number of aromatic hydroxyl groups is 1. The van der Waals surface area contributed by atoms with Crippen LogP contribution in [0.1, 0.15) is 48.5 Å². The van der Waals surface area contributed by atoms with Crippen molar-refractivity contribution in [1.82, 2.24) is 10.3 Å². The number of phenols is 1. The average Bonchev–Trinajstić information content (AvgIpc) is 4.00. The van der Waals surface area contributed by atoms with Crippen molar-refractivity contribution in [2.75, 3.05) is 31.3 Å². The van der Waals surface area contributed by atoms with E-state index in [4.69, 9.17) is 9.47 Å². The van der Waals surface area contributed by atoms with Gasteiger partial charge < -0.3 is 39.8 Å². The maximum absolute atomic E-state index is 13.3. The number of carbonyl (C=O) groups is 2. The average molecular weight is 809 g/mol. The monoisotopic (exact) mass is 808 g/mol. The maximum Gasteiger partial charge on any atom is 0.411 e. The molecule has 6 N–H and O–H groups in total. The number of nitrogens with zero attached hydrogens (tertiary/aromatic N) is 1. The molecule has 4 heterocycles. The fraction of sp³-hybridized carbons (Fsp3) is 0.312. The molecule has 3 saturated heterocycles. The summed E-state index contributed by atoms with van der Waals surface area (Å²) in [6.45, 7) is 0.787. The van der Waals surface area contributed by atoms with Crippen molar-refractivity contribution < 1.29 is 33.8 Å². The Morgan fingerprint density at radius 1 is 0.867 bits per heavy atom. The number of amides is 2. The molecule has 0 radical (unpaired) electrons. The number of morpholine rings is 1. The summed E-state index contributed by atoms with van der Waals surface area (Å²) in [4.78, 5) is 40.8. The molecule has 1 aromatic heterocycles. The Balaban J connectivity index is 0.773. The van der Waals surface area contributed by atoms with Gasteiger partial charge >= 0.3 is 6.09 Å². The highest BCUT2D eigenvalue weighted by atomic mass is 16.6. The number of epoxide rings is 1. The Kier molecular flexibility index (Phi) is 10.6. The molecule has 2 bridgehead atoms. The first-order valence-corrected chi connectivity index (χ1v) is 20.7. The van der Waals surface area contributed by atoms with E-state index in [0.29, 0.717) is 60.0 Å². The molecule has 0 aliphatic carbocycles. The minimum atomic E-state index is -0.855. The first-order chi connectivity index (χ1) is 29.0. The lowest BCUT2D eigenvalue weighted by Gasteiger charge is -2.45. The number of nitrogens with one attached hydrogen (secondary N) is 4. The van der Waals surface area contributed by atoms with E-state index in [1.807, 2.05) is 72.8 Å². The molecule has 9 rings (SSSR count). The largest absolute Gasteiger partial charge is 0.506 e. The summed E-state index contributed by atoms with van der Waals surface area (Å²) in [6, 6.07) is 34.8. The number of aliphatic hydroxyl groups excluding tert-OH is 1. The van der Waals surface area contributed by atoms with Gasteiger partial charge in [-0.3, -0.25) is 14.9 Å². The number of quaternary nitrogens is 1. The second-order valence-electron chi connectivity index (χ2n) is 16.9. The zero-order valence-electron chi connectivity index (χ0n) is 33.7. The molecule has 12 nitrogen and oxygen atoms in total. The van der Waals surface area contributed by atoms with Crippen LogP contribution in [0.2, 0.25) is 0 Å². The van der Waals surface area contributed by atoms with Gasteiger partial charge in [-0.15, -0.1) is 0 Å². The van der Waals surface area contributed by atoms with Gasteiger partial charge in [-0.05, 0) is 82.3 Å². The summed E-state index contributed by atoms with van der Waals surface area (Å²) >= 11 is 0. The molecule has 0 spiro atoms. The van der Waals surface area contributed by atoms with Gasteiger partial charge in [0.25, 0.3) is 0 Å². The summed E-state index contributed by atoms with van der Waals surface area (Å²) in [7, 11) is 4.52. The van der Waals surface area contributed by atoms with Crippen LogP contribution in [0.5, 0.6) is 5.75 Å². The number of aryl methyl sites for hydroxylation is 1. The number of benzene rings is 5. The van der Waals surface area contributed by atoms with Crippen LogP contribution in [0.3, 0.4) is 0 Å². The molecule has 3 aliphatic rings. The van der Waals surface area contributed by atoms with E-state index < -0.39 is 12.2 Å². The predicted octanol–water partition coefficient (Wildman–Crippen LogP) is 7.14. The number of anilines is 2. The molecule has 60 heavy (non-hydrogen) atoms. The number of aliphatic hydroxyl groups is 1. The van der Waals surface area contributed by atoms with Crippen molar-refractivity contribution in [2.24, 2.45) is 0 Å². The lowest BCUT2D eigenvalue weighted by molar-refractivity contribution is -0.938. The number of aromatic nitrogens is 1. The van der Waals surface area contributed by atoms with Gasteiger partial charge in [0.15, 0.2) is 0 Å². The molecule has 5 aromatic carbocycles. The zero-order chi connectivity index (χ0) is 41.5. The number of phenolic OH excluding ortho intramolecular Hbond substituents is 1. The van der Waals surface area contributed by atoms with Crippen molar-refractivity contribution in [3.8, 4) is 16.9 Å². The highest BCUT2D eigenvalue weighted by molar-refractivity contribution is 5.95. The van der Waals surface area contributed by atoms with E-state index in [-0.39, 0.29) is 42.1 Å². The summed E-state index contributed by atoms with van der Waals surface area (Å²) in [5.74, 6) is -0.121. The van der Waals surface area contributed by atoms with Gasteiger partial charge in [-0.2, -0.15) is 0 Å². The number of fused-ring (bicyclic) bond motifs is 7. The molecule has 1 unspecified atom stereocenters. The first-order valence-electron chi connectivity index (χ1n) is 20.7. The summed E-state index contributed by atoms with van der Waals surface area (Å²) in [5.41, 5.74) is 5.93. The third kappa shape index (κ3) is 8.11. The van der Waals surface area contributed by atoms with E-state index in [1.54, 1.807) is 12.1 Å². The van der Waals surface area contributed by atoms with Crippen LogP contribution in [0, 0.1) is 0 Å². The molecular formula is C48H50N5O7+. The topological polar surface area (TPSA) is 165 Å². The molecule has 0 saturated carbocycles. The SMILES string of the molecule is C[N+]1(C)[C@@H]2CC(OC(=O)Nc3cc(CCCC(=O)Nc4ccc5cc(CNC[C@H](O)c6ccc(O)c7[nH]c(=O)ccc67)ccc5c4)ccc3-c3ccccc3)C[C@H]1[C@@H]1O[C@@H]12. The van der Waals surface area contributed by atoms with Gasteiger partial charge in [-0.25, -0.2) is 4.79 Å². The minimum Gasteiger partial charge on any atom is -0.506 e. The van der Waals surface area contributed by atoms with Crippen LogP contribution in [-0.4, -0.2) is 82.7 Å². The van der Waals surface area contributed by atoms with Gasteiger partial charge in [0.1, 0.15) is 36.1 Å². The highest BCUT2D eigenvalue weighted by Crippen LogP contribution is 2.51. The van der Waals surface area contributed by atoms with E-state index in [9.17, 15) is 24.6 Å². The number of rotatable bonds is 13. The van der Waals surface area contributed by atoms with E-state index in [1.165, 1.54) is 12.1 Å². The fourth-order valence-corrected chi connectivity index (χ4v) is 9.48. The maximum atomic E-state index is 13.3. The Hall–Kier alpha value is -6.05. The Labute approximate surface area is 347 Å². The van der Waals surface area contributed by atoms with Crippen molar-refractivity contribution in [2.45, 2.75) is 75.1 Å². The van der Waals surface area contributed by atoms with Crippen molar-refractivity contribution in [3.05, 3.63) is 136 Å². The summed E-state index contributed by atoms with van der Waals surface area (Å²) < 4.78 is 12.9. The molecule has 12 heteroatoms. The molecule has 6 atom stereocenters. The first kappa shape index (κ1) is 39.4. The second-order valence-corrected chi connectivity index (χ2v) is 16.9. The number of hydrogen-bond donors (Lipinski definition) is 6. The summed E-state index contributed by atoms with van der Waals surface area (Å²) in [6.07, 6.45) is 2.34.